The fraction of sp³-hybridized carbons (Fsp3) is 0.423. The molecule has 8 nitrogen and oxygen atoms in total. The Kier molecular flexibility index (Phi) is 7.21. The van der Waals surface area contributed by atoms with Crippen LogP contribution in [0.4, 0.5) is 0 Å². The second-order valence-electron chi connectivity index (χ2n) is 8.35. The minimum atomic E-state index is -0.295. The minimum Gasteiger partial charge on any atom is -0.497 e. The molecule has 2 aromatic rings. The number of methoxy groups -OCH3 is 1. The molecular weight excluding hydrogens is 434 g/mol. The Morgan fingerprint density at radius 2 is 2.03 bits per heavy atom. The zero-order chi connectivity index (χ0) is 24.1. The molecule has 0 N–H and O–H groups in total. The number of carbonyl (C=O) groups is 2. The van der Waals surface area contributed by atoms with Crippen molar-refractivity contribution in [2.45, 2.75) is 25.8 Å². The zero-order valence-electron chi connectivity index (χ0n) is 19.5. The van der Waals surface area contributed by atoms with Gasteiger partial charge >= 0.3 is 0 Å². The van der Waals surface area contributed by atoms with Crippen LogP contribution in [0.5, 0.6) is 17.2 Å². The maximum atomic E-state index is 13.7. The monoisotopic (exact) mass is 463 g/mol. The zero-order valence-corrected chi connectivity index (χ0v) is 19.5. The number of amides is 2. The fourth-order valence-corrected chi connectivity index (χ4v) is 4.73. The number of hydrogen-bond donors (Lipinski definition) is 0. The summed E-state index contributed by atoms with van der Waals surface area (Å²) < 4.78 is 17.2. The van der Waals surface area contributed by atoms with Gasteiger partial charge in [0.2, 0.25) is 5.91 Å². The van der Waals surface area contributed by atoms with Crippen LogP contribution < -0.4 is 14.2 Å². The second kappa shape index (κ2) is 10.5. The van der Waals surface area contributed by atoms with Gasteiger partial charge in [-0.1, -0.05) is 12.1 Å². The van der Waals surface area contributed by atoms with E-state index in [1.165, 1.54) is 0 Å². The van der Waals surface area contributed by atoms with Crippen LogP contribution in [0.2, 0.25) is 0 Å². The Labute approximate surface area is 199 Å². The van der Waals surface area contributed by atoms with Crippen LogP contribution in [0.15, 0.2) is 42.5 Å². The molecule has 0 unspecified atom stereocenters. The molecule has 0 spiro atoms. The van der Waals surface area contributed by atoms with Crippen molar-refractivity contribution in [2.24, 2.45) is 5.92 Å². The molecule has 4 rings (SSSR count). The average Bonchev–Trinajstić information content (AvgIpc) is 2.86. The second-order valence-corrected chi connectivity index (χ2v) is 8.35. The first-order valence-corrected chi connectivity index (χ1v) is 11.6. The molecule has 0 aliphatic carbocycles. The Balaban J connectivity index is 1.75. The summed E-state index contributed by atoms with van der Waals surface area (Å²) in [4.78, 5) is 30.2. The largest absolute Gasteiger partial charge is 0.497 e. The van der Waals surface area contributed by atoms with E-state index in [9.17, 15) is 9.59 Å². The number of nitriles is 1. The molecule has 2 atom stereocenters. The average molecular weight is 464 g/mol. The number of ether oxygens (including phenoxy) is 3. The summed E-state index contributed by atoms with van der Waals surface area (Å²) in [5, 5.41) is 9.04. The number of rotatable bonds is 6. The number of fused-ring (bicyclic) bond motifs is 3. The van der Waals surface area contributed by atoms with Crippen LogP contribution in [-0.2, 0) is 4.79 Å². The number of carbonyl (C=O) groups excluding carboxylic acids is 2. The Morgan fingerprint density at radius 1 is 1.24 bits per heavy atom. The highest BCUT2D eigenvalue weighted by Gasteiger charge is 2.42. The fourth-order valence-electron chi connectivity index (χ4n) is 4.73. The van der Waals surface area contributed by atoms with Gasteiger partial charge in [0.05, 0.1) is 38.9 Å². The van der Waals surface area contributed by atoms with E-state index in [2.05, 4.69) is 6.07 Å². The van der Waals surface area contributed by atoms with Crippen molar-refractivity contribution in [2.75, 3.05) is 40.0 Å². The van der Waals surface area contributed by atoms with Gasteiger partial charge in [-0.15, -0.1) is 0 Å². The maximum absolute atomic E-state index is 13.7. The smallest absolute Gasteiger partial charge is 0.254 e. The van der Waals surface area contributed by atoms with E-state index in [0.717, 1.165) is 5.56 Å². The summed E-state index contributed by atoms with van der Waals surface area (Å²) in [6.45, 7) is 3.81. The van der Waals surface area contributed by atoms with Gasteiger partial charge in [0.1, 0.15) is 5.75 Å². The predicted molar refractivity (Wildman–Crippen MR) is 125 cm³/mol. The quantitative estimate of drug-likeness (QED) is 0.652. The van der Waals surface area contributed by atoms with E-state index in [1.54, 1.807) is 41.2 Å². The van der Waals surface area contributed by atoms with Gasteiger partial charge in [-0.2, -0.15) is 5.26 Å². The molecule has 2 aliphatic heterocycles. The lowest BCUT2D eigenvalue weighted by Crippen LogP contribution is -2.51. The van der Waals surface area contributed by atoms with Crippen molar-refractivity contribution in [1.29, 1.82) is 5.26 Å². The van der Waals surface area contributed by atoms with E-state index in [-0.39, 0.29) is 43.2 Å². The summed E-state index contributed by atoms with van der Waals surface area (Å²) in [5.41, 5.74) is 1.40. The topological polar surface area (TPSA) is 92.1 Å². The van der Waals surface area contributed by atoms with Crippen LogP contribution >= 0.6 is 0 Å². The normalized spacial score (nSPS) is 19.6. The van der Waals surface area contributed by atoms with Crippen LogP contribution in [0.25, 0.3) is 0 Å². The van der Waals surface area contributed by atoms with Gasteiger partial charge in [0, 0.05) is 43.1 Å². The number of para-hydroxylation sites is 1. The van der Waals surface area contributed by atoms with E-state index >= 15 is 0 Å². The Bertz CT molecular complexity index is 1080. The van der Waals surface area contributed by atoms with Gasteiger partial charge in [0.15, 0.2) is 11.5 Å². The van der Waals surface area contributed by atoms with Crippen molar-refractivity contribution in [3.05, 3.63) is 53.6 Å². The molecule has 0 saturated carbocycles. The molecule has 2 aromatic carbocycles. The standard InChI is InChI=1S/C26H29N3O5/c1-3-33-22-7-4-6-21-24-19(17-34-25(21)22)16-28(14-5-13-27)23(30)12-15-29(24)26(31)18-8-10-20(32-2)11-9-18/h4,6-11,19,24H,3,5,12,14-17H2,1-2H3/t19-,24-/m0/s1. The molecule has 34 heavy (non-hydrogen) atoms. The third kappa shape index (κ3) is 4.65. The lowest BCUT2D eigenvalue weighted by molar-refractivity contribution is -0.134. The lowest BCUT2D eigenvalue weighted by Gasteiger charge is -2.44. The molecule has 2 heterocycles. The molecule has 0 bridgehead atoms. The van der Waals surface area contributed by atoms with Crippen LogP contribution in [-0.4, -0.2) is 61.6 Å². The highest BCUT2D eigenvalue weighted by Crippen LogP contribution is 2.45. The van der Waals surface area contributed by atoms with Crippen molar-refractivity contribution < 1.29 is 23.8 Å². The lowest BCUT2D eigenvalue weighted by atomic mass is 9.86. The van der Waals surface area contributed by atoms with Gasteiger partial charge < -0.3 is 24.0 Å². The van der Waals surface area contributed by atoms with Crippen LogP contribution in [0.3, 0.4) is 0 Å². The van der Waals surface area contributed by atoms with Crippen molar-refractivity contribution in [1.82, 2.24) is 9.80 Å². The van der Waals surface area contributed by atoms with Gasteiger partial charge in [-0.3, -0.25) is 9.59 Å². The molecule has 0 radical (unpaired) electrons. The molecular formula is C26H29N3O5. The summed E-state index contributed by atoms with van der Waals surface area (Å²) in [6.07, 6.45) is 0.460. The number of nitrogens with zero attached hydrogens (tertiary/aromatic N) is 3. The van der Waals surface area contributed by atoms with Gasteiger partial charge in [-0.25, -0.2) is 0 Å². The Hall–Kier alpha value is -3.73. The third-order valence-electron chi connectivity index (χ3n) is 6.32. The van der Waals surface area contributed by atoms with E-state index in [4.69, 9.17) is 19.5 Å². The highest BCUT2D eigenvalue weighted by atomic mass is 16.5. The maximum Gasteiger partial charge on any atom is 0.254 e. The first kappa shape index (κ1) is 23.4. The van der Waals surface area contributed by atoms with E-state index < -0.39 is 0 Å². The molecule has 1 fully saturated rings. The molecule has 2 aliphatic rings. The first-order chi connectivity index (χ1) is 16.6. The number of hydrogen-bond acceptors (Lipinski definition) is 6. The van der Waals surface area contributed by atoms with Crippen LogP contribution in [0, 0.1) is 17.2 Å². The molecule has 8 heteroatoms. The summed E-state index contributed by atoms with van der Waals surface area (Å²) in [7, 11) is 1.58. The Morgan fingerprint density at radius 3 is 2.74 bits per heavy atom. The molecule has 2 amide bonds. The van der Waals surface area contributed by atoms with Crippen molar-refractivity contribution in [3.8, 4) is 23.3 Å². The van der Waals surface area contributed by atoms with Gasteiger partial charge in [-0.05, 0) is 37.3 Å². The summed E-state index contributed by atoms with van der Waals surface area (Å²) >= 11 is 0. The van der Waals surface area contributed by atoms with Crippen molar-refractivity contribution in [3.63, 3.8) is 0 Å². The molecule has 178 valence electrons. The SMILES string of the molecule is CCOc1cccc2c1OC[C@@H]1CN(CCC#N)C(=O)CCN(C(=O)c3ccc(OC)cc3)[C@H]21. The highest BCUT2D eigenvalue weighted by molar-refractivity contribution is 5.95. The van der Waals surface area contributed by atoms with Crippen molar-refractivity contribution >= 4 is 11.8 Å². The van der Waals surface area contributed by atoms with E-state index in [1.807, 2.05) is 25.1 Å². The summed E-state index contributed by atoms with van der Waals surface area (Å²) in [5.74, 6) is 1.61. The molecule has 1 saturated heterocycles. The van der Waals surface area contributed by atoms with E-state index in [0.29, 0.717) is 49.1 Å². The predicted octanol–water partition coefficient (Wildman–Crippen LogP) is 3.43. The third-order valence-corrected chi connectivity index (χ3v) is 6.32. The number of benzene rings is 2. The first-order valence-electron chi connectivity index (χ1n) is 11.6. The molecule has 0 aromatic heterocycles. The van der Waals surface area contributed by atoms with Crippen LogP contribution in [0.1, 0.15) is 41.7 Å². The summed E-state index contributed by atoms with van der Waals surface area (Å²) in [6, 6.07) is 14.6. The van der Waals surface area contributed by atoms with Gasteiger partial charge in [0.25, 0.3) is 5.91 Å². The minimum absolute atomic E-state index is 0.0601.